The second-order valence-corrected chi connectivity index (χ2v) is 8.78. The molecular formula is C24H35ClN4O. The van der Waals surface area contributed by atoms with Crippen LogP contribution in [0.4, 0.5) is 0 Å². The Kier molecular flexibility index (Phi) is 8.74. The molecule has 30 heavy (non-hydrogen) atoms. The van der Waals surface area contributed by atoms with Crippen molar-refractivity contribution in [1.82, 2.24) is 10.1 Å². The van der Waals surface area contributed by atoms with Crippen LogP contribution in [0.25, 0.3) is 11.4 Å². The molecule has 1 heterocycles. The third-order valence-electron chi connectivity index (χ3n) is 6.17. The van der Waals surface area contributed by atoms with E-state index in [9.17, 15) is 0 Å². The average molecular weight is 431 g/mol. The van der Waals surface area contributed by atoms with Gasteiger partial charge in [0, 0.05) is 17.3 Å². The van der Waals surface area contributed by atoms with E-state index in [1.807, 2.05) is 6.07 Å². The fourth-order valence-electron chi connectivity index (χ4n) is 4.00. The zero-order valence-corrected chi connectivity index (χ0v) is 19.0. The monoisotopic (exact) mass is 430 g/mol. The summed E-state index contributed by atoms with van der Waals surface area (Å²) in [6.45, 7) is 2.27. The molecule has 1 aliphatic rings. The summed E-state index contributed by atoms with van der Waals surface area (Å²) >= 11 is 5.56. The topological polar surface area (TPSA) is 77.3 Å². The number of amidine groups is 1. The van der Waals surface area contributed by atoms with Crippen LogP contribution in [0.1, 0.15) is 95.4 Å². The third kappa shape index (κ3) is 6.07. The fourth-order valence-corrected chi connectivity index (χ4v) is 4.16. The van der Waals surface area contributed by atoms with Gasteiger partial charge in [-0.05, 0) is 37.3 Å². The van der Waals surface area contributed by atoms with Crippen molar-refractivity contribution in [3.8, 4) is 11.4 Å². The molecule has 0 spiro atoms. The molecule has 2 aromatic rings. The molecule has 0 amide bonds. The lowest BCUT2D eigenvalue weighted by Gasteiger charge is -2.06. The van der Waals surface area contributed by atoms with Gasteiger partial charge in [0.15, 0.2) is 0 Å². The molecule has 1 saturated carbocycles. The predicted molar refractivity (Wildman–Crippen MR) is 124 cm³/mol. The highest BCUT2D eigenvalue weighted by Crippen LogP contribution is 2.48. The Bertz CT molecular complexity index is 813. The Balaban J connectivity index is 1.42. The Morgan fingerprint density at radius 1 is 1.07 bits per heavy atom. The van der Waals surface area contributed by atoms with Crippen LogP contribution in [-0.4, -0.2) is 16.0 Å². The Morgan fingerprint density at radius 3 is 2.37 bits per heavy atom. The van der Waals surface area contributed by atoms with Gasteiger partial charge < -0.3 is 10.3 Å². The van der Waals surface area contributed by atoms with Gasteiger partial charge in [-0.3, -0.25) is 0 Å². The number of unbranched alkanes of at least 4 members (excludes halogenated alkanes) is 9. The maximum atomic E-state index is 5.93. The van der Waals surface area contributed by atoms with Gasteiger partial charge in [0.25, 0.3) is 0 Å². The first-order chi connectivity index (χ1) is 14.7. The van der Waals surface area contributed by atoms with Crippen molar-refractivity contribution in [2.75, 3.05) is 0 Å². The number of hydrogen-bond donors (Lipinski definition) is 1. The van der Waals surface area contributed by atoms with E-state index in [0.29, 0.717) is 17.6 Å². The van der Waals surface area contributed by atoms with Gasteiger partial charge in [0.05, 0.1) is 0 Å². The molecule has 1 aromatic carbocycles. The van der Waals surface area contributed by atoms with E-state index >= 15 is 0 Å². The van der Waals surface area contributed by atoms with Crippen molar-refractivity contribution in [2.45, 2.75) is 95.8 Å². The molecule has 1 aliphatic carbocycles. The van der Waals surface area contributed by atoms with E-state index in [4.69, 9.17) is 22.0 Å². The molecule has 0 aliphatic heterocycles. The Labute approximate surface area is 185 Å². The molecule has 6 heteroatoms. The standard InChI is InChI=1S/C24H35ClN4O/c1-2-3-4-5-6-7-8-9-10-11-13-19-14-12-15-20(18-19)21-27-23(30-29-21)24(16-17-24)22(26)28-25/h12,14-15,18H,2-11,13,16-17H2,1H3,(H2,26,28). The maximum Gasteiger partial charge on any atom is 0.240 e. The van der Waals surface area contributed by atoms with Crippen LogP contribution >= 0.6 is 11.8 Å². The van der Waals surface area contributed by atoms with Crippen LogP contribution in [0, 0.1) is 0 Å². The quantitative estimate of drug-likeness (QED) is 0.204. The minimum absolute atomic E-state index is 0.356. The van der Waals surface area contributed by atoms with Gasteiger partial charge in [-0.2, -0.15) is 9.50 Å². The number of benzene rings is 1. The van der Waals surface area contributed by atoms with Crippen molar-refractivity contribution in [3.05, 3.63) is 35.7 Å². The maximum absolute atomic E-state index is 5.93. The summed E-state index contributed by atoms with van der Waals surface area (Å²) in [5, 5.41) is 4.17. The van der Waals surface area contributed by atoms with Crippen LogP contribution < -0.4 is 5.73 Å². The number of aromatic nitrogens is 2. The first kappa shape index (κ1) is 22.8. The molecule has 0 unspecified atom stereocenters. The molecule has 1 fully saturated rings. The van der Waals surface area contributed by atoms with Crippen molar-refractivity contribution in [2.24, 2.45) is 10.2 Å². The molecule has 0 atom stereocenters. The number of rotatable bonds is 14. The summed E-state index contributed by atoms with van der Waals surface area (Å²) in [6, 6.07) is 8.44. The van der Waals surface area contributed by atoms with Gasteiger partial charge >= 0.3 is 0 Å². The van der Waals surface area contributed by atoms with E-state index in [2.05, 4.69) is 39.8 Å². The van der Waals surface area contributed by atoms with Crippen molar-refractivity contribution in [1.29, 1.82) is 0 Å². The van der Waals surface area contributed by atoms with Crippen molar-refractivity contribution in [3.63, 3.8) is 0 Å². The summed E-state index contributed by atoms with van der Waals surface area (Å²) in [6.07, 6.45) is 16.3. The zero-order valence-electron chi connectivity index (χ0n) is 18.2. The largest absolute Gasteiger partial charge is 0.385 e. The smallest absolute Gasteiger partial charge is 0.240 e. The third-order valence-corrected chi connectivity index (χ3v) is 6.35. The molecule has 0 radical (unpaired) electrons. The second-order valence-electron chi connectivity index (χ2n) is 8.61. The van der Waals surface area contributed by atoms with Gasteiger partial charge in [-0.25, -0.2) is 0 Å². The highest BCUT2D eigenvalue weighted by atomic mass is 35.5. The summed E-state index contributed by atoms with van der Waals surface area (Å²) < 4.78 is 9.11. The predicted octanol–water partition coefficient (Wildman–Crippen LogP) is 6.74. The number of halogens is 1. The molecule has 5 nitrogen and oxygen atoms in total. The van der Waals surface area contributed by atoms with E-state index in [-0.39, 0.29) is 0 Å². The van der Waals surface area contributed by atoms with Gasteiger partial charge in [0.1, 0.15) is 11.3 Å². The number of nitrogens with zero attached hydrogens (tertiary/aromatic N) is 3. The SMILES string of the molecule is CCCCCCCCCCCCc1cccc(-c2noc(C3(C(N)=NCl)CC3)n2)c1. The van der Waals surface area contributed by atoms with Crippen LogP contribution in [0.15, 0.2) is 33.3 Å². The molecular weight excluding hydrogens is 396 g/mol. The first-order valence-electron chi connectivity index (χ1n) is 11.6. The zero-order chi connectivity index (χ0) is 21.2. The van der Waals surface area contributed by atoms with Gasteiger partial charge in [-0.15, -0.1) is 0 Å². The molecule has 3 rings (SSSR count). The summed E-state index contributed by atoms with van der Waals surface area (Å²) in [7, 11) is 0. The van der Waals surface area contributed by atoms with Gasteiger partial charge in [-0.1, -0.05) is 88.1 Å². The molecule has 2 N–H and O–H groups in total. The summed E-state index contributed by atoms with van der Waals surface area (Å²) in [5.41, 5.74) is 7.77. The Morgan fingerprint density at radius 2 is 1.73 bits per heavy atom. The first-order valence-corrected chi connectivity index (χ1v) is 11.9. The van der Waals surface area contributed by atoms with E-state index < -0.39 is 5.41 Å². The van der Waals surface area contributed by atoms with Crippen LogP contribution in [0.2, 0.25) is 0 Å². The summed E-state index contributed by atoms with van der Waals surface area (Å²) in [5.74, 6) is 1.47. The molecule has 1 aromatic heterocycles. The number of nitrogens with two attached hydrogens (primary N) is 1. The minimum Gasteiger partial charge on any atom is -0.385 e. The van der Waals surface area contributed by atoms with E-state index in [0.717, 1.165) is 24.8 Å². The number of aryl methyl sites for hydroxylation is 1. The average Bonchev–Trinajstić information content (AvgIpc) is 3.43. The minimum atomic E-state index is -0.458. The molecule has 164 valence electrons. The number of hydrogen-bond acceptors (Lipinski definition) is 4. The van der Waals surface area contributed by atoms with Crippen LogP contribution in [0.5, 0.6) is 0 Å². The van der Waals surface area contributed by atoms with E-state index in [1.54, 1.807) is 0 Å². The molecule has 0 bridgehead atoms. The summed E-state index contributed by atoms with van der Waals surface area (Å²) in [4.78, 5) is 4.58. The van der Waals surface area contributed by atoms with Gasteiger partial charge in [0.2, 0.25) is 11.7 Å². The van der Waals surface area contributed by atoms with Crippen LogP contribution in [0.3, 0.4) is 0 Å². The lowest BCUT2D eigenvalue weighted by atomic mass is 10.0. The lowest BCUT2D eigenvalue weighted by molar-refractivity contribution is 0.367. The highest BCUT2D eigenvalue weighted by Gasteiger charge is 2.53. The van der Waals surface area contributed by atoms with E-state index in [1.165, 1.54) is 69.8 Å². The van der Waals surface area contributed by atoms with Crippen LogP contribution in [-0.2, 0) is 11.8 Å². The van der Waals surface area contributed by atoms with Crippen molar-refractivity contribution < 1.29 is 4.52 Å². The Hall–Kier alpha value is -1.88. The normalized spacial score (nSPS) is 15.5. The van der Waals surface area contributed by atoms with Crippen molar-refractivity contribution >= 4 is 17.6 Å². The highest BCUT2D eigenvalue weighted by molar-refractivity contribution is 6.21. The lowest BCUT2D eigenvalue weighted by Crippen LogP contribution is -2.28. The second kappa shape index (κ2) is 11.5. The molecule has 0 saturated heterocycles. The fraction of sp³-hybridized carbons (Fsp3) is 0.625.